The largest absolute Gasteiger partial charge is 0.445 e. The van der Waals surface area contributed by atoms with Crippen LogP contribution in [0.1, 0.15) is 55.2 Å². The Bertz CT molecular complexity index is 1220. The minimum Gasteiger partial charge on any atom is -0.445 e. The van der Waals surface area contributed by atoms with Crippen LogP contribution in [0, 0.1) is 6.92 Å². The van der Waals surface area contributed by atoms with Crippen molar-refractivity contribution in [1.82, 2.24) is 14.1 Å². The van der Waals surface area contributed by atoms with E-state index in [0.717, 1.165) is 68.9 Å². The monoisotopic (exact) mass is 593 g/mol. The number of carbonyl (C=O) groups is 1. The van der Waals surface area contributed by atoms with Crippen molar-refractivity contribution in [1.29, 1.82) is 0 Å². The molecule has 3 aromatic carbocycles. The first-order valence-corrected chi connectivity index (χ1v) is 16.0. The average molecular weight is 594 g/mol. The van der Waals surface area contributed by atoms with Crippen molar-refractivity contribution in [2.24, 2.45) is 0 Å². The number of likely N-dealkylation sites (N-methyl/N-ethyl adjacent to an activating group) is 1. The lowest BCUT2D eigenvalue weighted by Gasteiger charge is -2.38. The maximum atomic E-state index is 13.2. The minimum absolute atomic E-state index is 0. The number of likely N-dealkylation sites (tertiary alicyclic amines) is 1. The van der Waals surface area contributed by atoms with Crippen LogP contribution in [-0.4, -0.2) is 75.7 Å². The first-order valence-electron chi connectivity index (χ1n) is 14.9. The van der Waals surface area contributed by atoms with Gasteiger partial charge in [0.1, 0.15) is 17.6 Å². The standard InChI is InChI=1S/C34H45N3O3S.H2O/c1-4-22-37(34(38)40-27-29-17-15-28(2)16-18-29)32-20-24-36(25-21-32)23-19-31(30-11-7-5-8-12-30)26-35(3)41(39)33-13-9-6-10-14-33;/h5-18,31-32H,4,19-27H2,1-3H3;1H2. The SMILES string of the molecule is CCCN(C(=O)OCc1ccc(C)cc1)C1CCN(CCC(CN(C)S(=O)c2ccccc2)c2ccccc2)CC1.O. The zero-order valence-electron chi connectivity index (χ0n) is 25.3. The summed E-state index contributed by atoms with van der Waals surface area (Å²) in [6, 6.07) is 28.6. The van der Waals surface area contributed by atoms with Crippen molar-refractivity contribution in [3.05, 3.63) is 102 Å². The average Bonchev–Trinajstić information content (AvgIpc) is 3.02. The van der Waals surface area contributed by atoms with Gasteiger partial charge in [0.15, 0.2) is 0 Å². The third-order valence-corrected chi connectivity index (χ3v) is 9.34. The second kappa shape index (κ2) is 17.2. The van der Waals surface area contributed by atoms with E-state index in [1.165, 1.54) is 11.1 Å². The molecule has 0 aliphatic carbocycles. The van der Waals surface area contributed by atoms with Gasteiger partial charge in [0, 0.05) is 39.3 Å². The maximum absolute atomic E-state index is 13.2. The van der Waals surface area contributed by atoms with E-state index in [4.69, 9.17) is 4.74 Å². The Hall–Kier alpha value is -3.04. The van der Waals surface area contributed by atoms with E-state index >= 15 is 0 Å². The van der Waals surface area contributed by atoms with Crippen molar-refractivity contribution in [3.8, 4) is 0 Å². The van der Waals surface area contributed by atoms with Gasteiger partial charge in [0.25, 0.3) is 0 Å². The third-order valence-electron chi connectivity index (χ3n) is 7.95. The molecule has 0 radical (unpaired) electrons. The molecule has 1 amide bonds. The molecule has 1 saturated heterocycles. The van der Waals surface area contributed by atoms with Gasteiger partial charge in [0.05, 0.1) is 4.90 Å². The number of carbonyl (C=O) groups excluding carboxylic acids is 1. The van der Waals surface area contributed by atoms with E-state index in [1.54, 1.807) is 0 Å². The lowest BCUT2D eigenvalue weighted by molar-refractivity contribution is 0.0602. The molecule has 2 atom stereocenters. The van der Waals surface area contributed by atoms with Gasteiger partial charge >= 0.3 is 6.09 Å². The van der Waals surface area contributed by atoms with Gasteiger partial charge in [-0.1, -0.05) is 85.3 Å². The number of rotatable bonds is 13. The van der Waals surface area contributed by atoms with Crippen molar-refractivity contribution in [3.63, 3.8) is 0 Å². The lowest BCUT2D eigenvalue weighted by Crippen LogP contribution is -2.48. The van der Waals surface area contributed by atoms with Crippen LogP contribution in [0.25, 0.3) is 0 Å². The van der Waals surface area contributed by atoms with Gasteiger partial charge in [-0.25, -0.2) is 13.3 Å². The Labute approximate surface area is 254 Å². The molecule has 42 heavy (non-hydrogen) atoms. The van der Waals surface area contributed by atoms with E-state index in [9.17, 15) is 9.00 Å². The maximum Gasteiger partial charge on any atom is 0.410 e. The summed E-state index contributed by atoms with van der Waals surface area (Å²) in [7, 11) is 0.757. The molecule has 1 heterocycles. The molecule has 4 rings (SSSR count). The smallest absolute Gasteiger partial charge is 0.410 e. The zero-order valence-corrected chi connectivity index (χ0v) is 26.1. The van der Waals surface area contributed by atoms with Crippen LogP contribution in [-0.2, 0) is 22.3 Å². The fraction of sp³-hybridized carbons (Fsp3) is 0.441. The Balaban J connectivity index is 0.00000484. The van der Waals surface area contributed by atoms with Crippen LogP contribution >= 0.6 is 0 Å². The Morgan fingerprint density at radius 3 is 2.21 bits per heavy atom. The van der Waals surface area contributed by atoms with Crippen LogP contribution in [0.4, 0.5) is 4.79 Å². The molecule has 0 bridgehead atoms. The molecule has 1 aliphatic rings. The van der Waals surface area contributed by atoms with Crippen molar-refractivity contribution >= 4 is 17.1 Å². The van der Waals surface area contributed by atoms with Crippen molar-refractivity contribution in [2.75, 3.05) is 39.8 Å². The number of aryl methyl sites for hydroxylation is 1. The molecule has 8 heteroatoms. The molecule has 0 saturated carbocycles. The number of hydrogen-bond acceptors (Lipinski definition) is 4. The highest BCUT2D eigenvalue weighted by atomic mass is 32.2. The molecular formula is C34H47N3O4S. The van der Waals surface area contributed by atoms with E-state index in [-0.39, 0.29) is 23.5 Å². The predicted octanol–water partition coefficient (Wildman–Crippen LogP) is 5.81. The first-order chi connectivity index (χ1) is 19.9. The zero-order chi connectivity index (χ0) is 29.0. The molecule has 2 unspecified atom stereocenters. The quantitative estimate of drug-likeness (QED) is 0.250. The van der Waals surface area contributed by atoms with Gasteiger partial charge in [-0.05, 0) is 68.3 Å². The van der Waals surface area contributed by atoms with Gasteiger partial charge in [-0.2, -0.15) is 0 Å². The summed E-state index contributed by atoms with van der Waals surface area (Å²) in [5.74, 6) is 0.278. The minimum atomic E-state index is -1.19. The number of nitrogens with zero attached hydrogens (tertiary/aromatic N) is 3. The number of piperidine rings is 1. The summed E-state index contributed by atoms with van der Waals surface area (Å²) in [5, 5.41) is 0. The first kappa shape index (κ1) is 33.5. The summed E-state index contributed by atoms with van der Waals surface area (Å²) in [4.78, 5) is 18.3. The Morgan fingerprint density at radius 2 is 1.60 bits per heavy atom. The van der Waals surface area contributed by atoms with Crippen LogP contribution in [0.15, 0.2) is 89.8 Å². The Kier molecular flexibility index (Phi) is 13.7. The summed E-state index contributed by atoms with van der Waals surface area (Å²) < 4.78 is 20.8. The molecule has 2 N–H and O–H groups in total. The topological polar surface area (TPSA) is 84.6 Å². The van der Waals surface area contributed by atoms with Gasteiger partial charge in [-0.3, -0.25) is 0 Å². The number of ether oxygens (including phenoxy) is 1. The molecule has 0 aromatic heterocycles. The van der Waals surface area contributed by atoms with Gasteiger partial charge < -0.3 is 20.0 Å². The third kappa shape index (κ3) is 9.76. The number of amides is 1. The molecule has 228 valence electrons. The van der Waals surface area contributed by atoms with E-state index in [2.05, 4.69) is 43.0 Å². The number of hydrogen-bond donors (Lipinski definition) is 0. The van der Waals surface area contributed by atoms with Crippen LogP contribution in [0.5, 0.6) is 0 Å². The van der Waals surface area contributed by atoms with E-state index in [0.29, 0.717) is 6.61 Å². The van der Waals surface area contributed by atoms with Crippen LogP contribution in [0.2, 0.25) is 0 Å². The second-order valence-corrected chi connectivity index (χ2v) is 12.7. The Morgan fingerprint density at radius 1 is 0.976 bits per heavy atom. The van der Waals surface area contributed by atoms with Crippen molar-refractivity contribution < 1.29 is 19.2 Å². The van der Waals surface area contributed by atoms with Gasteiger partial charge in [-0.15, -0.1) is 0 Å². The van der Waals surface area contributed by atoms with Gasteiger partial charge in [0.2, 0.25) is 0 Å². The summed E-state index contributed by atoms with van der Waals surface area (Å²) in [6.07, 6.45) is 3.60. The summed E-state index contributed by atoms with van der Waals surface area (Å²) in [5.41, 5.74) is 3.50. The van der Waals surface area contributed by atoms with E-state index in [1.807, 2.05) is 76.9 Å². The highest BCUT2D eigenvalue weighted by molar-refractivity contribution is 7.82. The summed E-state index contributed by atoms with van der Waals surface area (Å²) in [6.45, 7) is 8.82. The lowest BCUT2D eigenvalue weighted by atomic mass is 9.94. The van der Waals surface area contributed by atoms with E-state index < -0.39 is 11.0 Å². The number of benzene rings is 3. The molecule has 1 aliphatic heterocycles. The fourth-order valence-corrected chi connectivity index (χ4v) is 6.62. The molecule has 3 aromatic rings. The molecule has 0 spiro atoms. The van der Waals surface area contributed by atoms with Crippen molar-refractivity contribution in [2.45, 2.75) is 63.0 Å². The van der Waals surface area contributed by atoms with Crippen LogP contribution in [0.3, 0.4) is 0 Å². The predicted molar refractivity (Wildman–Crippen MR) is 171 cm³/mol. The second-order valence-electron chi connectivity index (χ2n) is 11.1. The normalized spacial score (nSPS) is 15.5. The van der Waals surface area contributed by atoms with Crippen LogP contribution < -0.4 is 0 Å². The highest BCUT2D eigenvalue weighted by Crippen LogP contribution is 2.25. The molecule has 7 nitrogen and oxygen atoms in total. The molecule has 1 fully saturated rings. The molecular weight excluding hydrogens is 546 g/mol. The highest BCUT2D eigenvalue weighted by Gasteiger charge is 2.29. The summed E-state index contributed by atoms with van der Waals surface area (Å²) >= 11 is 0. The fourth-order valence-electron chi connectivity index (χ4n) is 5.55.